The van der Waals surface area contributed by atoms with E-state index < -0.39 is 11.7 Å². The zero-order chi connectivity index (χ0) is 15.6. The standard InChI is InChI=1S/C10H8.C5H11NO2.C2H6.H2/c1-2-6-10-8-4-3-7-9(10)5-1;1-5(2,3)8-4(6)7;1-2;/h1-8H;1-3H3,(H2,6,7);1-2H3;1H. The normalized spacial score (nSPS) is 9.65. The summed E-state index contributed by atoms with van der Waals surface area (Å²) in [6, 6.07) is 16.7. The number of hydrogen-bond donors (Lipinski definition) is 1. The first kappa shape index (κ1) is 18.0. The second-order valence-electron chi connectivity index (χ2n) is 4.88. The van der Waals surface area contributed by atoms with Crippen LogP contribution in [0.2, 0.25) is 0 Å². The molecule has 2 aromatic rings. The number of carbonyl (C=O) groups is 1. The van der Waals surface area contributed by atoms with E-state index in [1.165, 1.54) is 10.8 Å². The van der Waals surface area contributed by atoms with E-state index in [0.717, 1.165) is 0 Å². The number of carbonyl (C=O) groups excluding carboxylic acids is 1. The summed E-state index contributed by atoms with van der Waals surface area (Å²) in [4.78, 5) is 10.0. The van der Waals surface area contributed by atoms with Crippen LogP contribution in [0.15, 0.2) is 48.5 Å². The molecule has 2 rings (SSSR count). The van der Waals surface area contributed by atoms with Gasteiger partial charge in [-0.2, -0.15) is 0 Å². The molecule has 2 aromatic carbocycles. The molecule has 0 spiro atoms. The maximum Gasteiger partial charge on any atom is 0.405 e. The Hall–Kier alpha value is -2.03. The van der Waals surface area contributed by atoms with Crippen molar-refractivity contribution in [1.29, 1.82) is 0 Å². The highest BCUT2D eigenvalue weighted by atomic mass is 16.6. The van der Waals surface area contributed by atoms with Crippen LogP contribution < -0.4 is 5.73 Å². The molecule has 0 heterocycles. The van der Waals surface area contributed by atoms with E-state index in [9.17, 15) is 4.79 Å². The highest BCUT2D eigenvalue weighted by Gasteiger charge is 2.12. The Labute approximate surface area is 123 Å². The van der Waals surface area contributed by atoms with Crippen LogP contribution in [0.1, 0.15) is 36.0 Å². The Kier molecular flexibility index (Phi) is 8.06. The Balaban J connectivity index is 0. The number of ether oxygens (including phenoxy) is 1. The first-order valence-corrected chi connectivity index (χ1v) is 6.81. The van der Waals surface area contributed by atoms with Crippen LogP contribution in [0.3, 0.4) is 0 Å². The van der Waals surface area contributed by atoms with E-state index in [0.29, 0.717) is 0 Å². The Bertz CT molecular complexity index is 456. The molecule has 0 saturated carbocycles. The molecule has 112 valence electrons. The fraction of sp³-hybridized carbons (Fsp3) is 0.353. The van der Waals surface area contributed by atoms with Crippen molar-refractivity contribution < 1.29 is 11.0 Å². The molecule has 0 bridgehead atoms. The summed E-state index contributed by atoms with van der Waals surface area (Å²) in [5.41, 5.74) is 4.26. The van der Waals surface area contributed by atoms with Gasteiger partial charge in [0.15, 0.2) is 0 Å². The molecule has 2 N–H and O–H groups in total. The fourth-order valence-corrected chi connectivity index (χ4v) is 1.43. The minimum absolute atomic E-state index is 0. The summed E-state index contributed by atoms with van der Waals surface area (Å²) >= 11 is 0. The molecule has 3 heteroatoms. The Morgan fingerprint density at radius 3 is 1.40 bits per heavy atom. The van der Waals surface area contributed by atoms with Crippen LogP contribution >= 0.6 is 0 Å². The highest BCUT2D eigenvalue weighted by Crippen LogP contribution is 2.11. The van der Waals surface area contributed by atoms with Crippen molar-refractivity contribution in [1.82, 2.24) is 0 Å². The van der Waals surface area contributed by atoms with Crippen molar-refractivity contribution >= 4 is 16.9 Å². The van der Waals surface area contributed by atoms with Crippen LogP contribution in [-0.4, -0.2) is 11.7 Å². The third kappa shape index (κ3) is 8.14. The monoisotopic (exact) mass is 277 g/mol. The van der Waals surface area contributed by atoms with Gasteiger partial charge in [0, 0.05) is 1.43 Å². The average molecular weight is 277 g/mol. The van der Waals surface area contributed by atoms with Gasteiger partial charge in [0.25, 0.3) is 0 Å². The Morgan fingerprint density at radius 2 is 1.25 bits per heavy atom. The smallest absolute Gasteiger partial charge is 0.405 e. The minimum atomic E-state index is -0.725. The van der Waals surface area contributed by atoms with Crippen LogP contribution in [0.5, 0.6) is 0 Å². The third-order valence-electron chi connectivity index (χ3n) is 2.07. The molecule has 0 radical (unpaired) electrons. The summed E-state index contributed by atoms with van der Waals surface area (Å²) in [6.07, 6.45) is -0.725. The van der Waals surface area contributed by atoms with E-state index in [4.69, 9.17) is 5.73 Å². The van der Waals surface area contributed by atoms with Gasteiger partial charge in [0.1, 0.15) is 5.60 Å². The lowest BCUT2D eigenvalue weighted by molar-refractivity contribution is 0.0600. The van der Waals surface area contributed by atoms with Gasteiger partial charge in [0.05, 0.1) is 0 Å². The molecule has 0 saturated heterocycles. The SMILES string of the molecule is CC.CC(C)(C)OC(N)=O.[HH].c1ccc2ccccc2c1. The first-order chi connectivity index (χ1) is 9.38. The van der Waals surface area contributed by atoms with Crippen LogP contribution in [0, 0.1) is 0 Å². The summed E-state index contributed by atoms with van der Waals surface area (Å²) in [7, 11) is 0. The molecule has 0 aromatic heterocycles. The summed E-state index contributed by atoms with van der Waals surface area (Å²) in [5.74, 6) is 0. The van der Waals surface area contributed by atoms with Crippen molar-refractivity contribution in [3.63, 3.8) is 0 Å². The number of nitrogens with two attached hydrogens (primary N) is 1. The molecule has 0 aliphatic carbocycles. The molecule has 1 amide bonds. The summed E-state index contributed by atoms with van der Waals surface area (Å²) in [5, 5.41) is 2.62. The van der Waals surface area contributed by atoms with Crippen LogP contribution in [-0.2, 0) is 4.74 Å². The van der Waals surface area contributed by atoms with Gasteiger partial charge in [-0.25, -0.2) is 4.79 Å². The molecule has 0 aliphatic heterocycles. The summed E-state index contributed by atoms with van der Waals surface area (Å²) < 4.78 is 4.58. The van der Waals surface area contributed by atoms with Gasteiger partial charge in [-0.3, -0.25) is 0 Å². The number of primary amides is 1. The van der Waals surface area contributed by atoms with Crippen molar-refractivity contribution in [2.45, 2.75) is 40.2 Å². The van der Waals surface area contributed by atoms with Crippen LogP contribution in [0.25, 0.3) is 10.8 Å². The van der Waals surface area contributed by atoms with Gasteiger partial charge in [-0.05, 0) is 31.5 Å². The second-order valence-corrected chi connectivity index (χ2v) is 4.88. The number of fused-ring (bicyclic) bond motifs is 1. The highest BCUT2D eigenvalue weighted by molar-refractivity contribution is 5.81. The van der Waals surface area contributed by atoms with Crippen molar-refractivity contribution in [3.8, 4) is 0 Å². The maximum atomic E-state index is 10.0. The lowest BCUT2D eigenvalue weighted by Crippen LogP contribution is -2.27. The van der Waals surface area contributed by atoms with E-state index in [1.807, 2.05) is 13.8 Å². The quantitative estimate of drug-likeness (QED) is 0.737. The third-order valence-corrected chi connectivity index (χ3v) is 2.07. The van der Waals surface area contributed by atoms with Crippen molar-refractivity contribution in [2.75, 3.05) is 0 Å². The van der Waals surface area contributed by atoms with E-state index in [2.05, 4.69) is 53.3 Å². The number of hydrogen-bond acceptors (Lipinski definition) is 2. The predicted octanol–water partition coefficient (Wildman–Crippen LogP) is 4.99. The van der Waals surface area contributed by atoms with Crippen molar-refractivity contribution in [3.05, 3.63) is 48.5 Å². The molecule has 0 fully saturated rings. The second kappa shape index (κ2) is 8.97. The fourth-order valence-electron chi connectivity index (χ4n) is 1.43. The van der Waals surface area contributed by atoms with Gasteiger partial charge < -0.3 is 10.5 Å². The van der Waals surface area contributed by atoms with Crippen LogP contribution in [0.4, 0.5) is 4.79 Å². The minimum Gasteiger partial charge on any atom is -0.444 e. The summed E-state index contributed by atoms with van der Waals surface area (Å²) in [6.45, 7) is 9.28. The van der Waals surface area contributed by atoms with Gasteiger partial charge in [0.2, 0.25) is 0 Å². The predicted molar refractivity (Wildman–Crippen MR) is 87.8 cm³/mol. The molecular weight excluding hydrogens is 250 g/mol. The zero-order valence-electron chi connectivity index (χ0n) is 13.0. The van der Waals surface area contributed by atoms with E-state index in [1.54, 1.807) is 20.8 Å². The molecule has 20 heavy (non-hydrogen) atoms. The Morgan fingerprint density at radius 1 is 0.950 bits per heavy atom. The molecular formula is C17H27NO2. The maximum absolute atomic E-state index is 10.0. The average Bonchev–Trinajstić information content (AvgIpc) is 2.39. The topological polar surface area (TPSA) is 52.3 Å². The van der Waals surface area contributed by atoms with Gasteiger partial charge in [-0.15, -0.1) is 0 Å². The molecule has 0 atom stereocenters. The molecule has 3 nitrogen and oxygen atoms in total. The lowest BCUT2D eigenvalue weighted by atomic mass is 10.1. The lowest BCUT2D eigenvalue weighted by Gasteiger charge is -2.16. The van der Waals surface area contributed by atoms with Gasteiger partial charge in [-0.1, -0.05) is 62.4 Å². The number of benzene rings is 2. The zero-order valence-corrected chi connectivity index (χ0v) is 13.0. The van der Waals surface area contributed by atoms with E-state index >= 15 is 0 Å². The molecule has 0 unspecified atom stereocenters. The largest absolute Gasteiger partial charge is 0.444 e. The van der Waals surface area contributed by atoms with E-state index in [-0.39, 0.29) is 1.43 Å². The first-order valence-electron chi connectivity index (χ1n) is 6.81. The van der Waals surface area contributed by atoms with Crippen molar-refractivity contribution in [2.24, 2.45) is 5.73 Å². The number of amides is 1. The van der Waals surface area contributed by atoms with Gasteiger partial charge >= 0.3 is 6.09 Å². The molecule has 0 aliphatic rings. The number of rotatable bonds is 0.